The molecule has 2 aromatic rings. The summed E-state index contributed by atoms with van der Waals surface area (Å²) in [4.78, 5) is 15.3. The largest absolute Gasteiger partial charge is 0.480 e. The number of anilines is 1. The van der Waals surface area contributed by atoms with Crippen LogP contribution in [0.5, 0.6) is 0 Å². The summed E-state index contributed by atoms with van der Waals surface area (Å²) in [6.45, 7) is 0. The van der Waals surface area contributed by atoms with E-state index in [4.69, 9.17) is 5.11 Å². The maximum atomic E-state index is 11.0. The summed E-state index contributed by atoms with van der Waals surface area (Å²) < 4.78 is 1.63. The highest BCUT2D eigenvalue weighted by Gasteiger charge is 2.50. The van der Waals surface area contributed by atoms with Gasteiger partial charge in [-0.25, -0.2) is 14.3 Å². The van der Waals surface area contributed by atoms with Crippen LogP contribution in [-0.2, 0) is 4.79 Å². The van der Waals surface area contributed by atoms with Gasteiger partial charge in [-0.15, -0.1) is 0 Å². The number of fused-ring (bicyclic) bond motifs is 1. The number of hydrogen-bond donors (Lipinski definition) is 2. The first kappa shape index (κ1) is 9.14. The molecule has 0 atom stereocenters. The number of aliphatic carboxylic acids is 1. The highest BCUT2D eigenvalue weighted by molar-refractivity contribution is 5.86. The number of nitrogens with zero attached hydrogens (tertiary/aromatic N) is 3. The third-order valence-corrected chi connectivity index (χ3v) is 2.78. The smallest absolute Gasteiger partial charge is 0.329 e. The summed E-state index contributed by atoms with van der Waals surface area (Å²) >= 11 is 0. The summed E-state index contributed by atoms with van der Waals surface area (Å²) in [5, 5.41) is 16.0. The molecule has 0 unspecified atom stereocenters. The van der Waals surface area contributed by atoms with E-state index in [0.29, 0.717) is 24.3 Å². The number of hydrogen-bond acceptors (Lipinski definition) is 4. The van der Waals surface area contributed by atoms with E-state index in [1.807, 2.05) is 0 Å². The molecule has 0 saturated heterocycles. The summed E-state index contributed by atoms with van der Waals surface area (Å²) in [7, 11) is 0. The summed E-state index contributed by atoms with van der Waals surface area (Å²) in [5.41, 5.74) is -0.100. The zero-order chi connectivity index (χ0) is 11.2. The van der Waals surface area contributed by atoms with Gasteiger partial charge in [0.25, 0.3) is 0 Å². The molecule has 2 heterocycles. The lowest BCUT2D eigenvalue weighted by atomic mass is 10.3. The number of carbonyl (C=O) groups is 1. The van der Waals surface area contributed by atoms with Gasteiger partial charge in [0, 0.05) is 12.3 Å². The van der Waals surface area contributed by atoms with E-state index in [-0.39, 0.29) is 0 Å². The summed E-state index contributed by atoms with van der Waals surface area (Å²) in [6, 6.07) is 3.49. The minimum atomic E-state index is -0.817. The molecule has 2 N–H and O–H groups in total. The molecule has 0 aliphatic heterocycles. The molecule has 0 amide bonds. The van der Waals surface area contributed by atoms with Crippen LogP contribution in [-0.4, -0.2) is 31.2 Å². The van der Waals surface area contributed by atoms with Crippen molar-refractivity contribution in [2.45, 2.75) is 18.4 Å². The van der Waals surface area contributed by atoms with Gasteiger partial charge in [0.2, 0.25) is 0 Å². The van der Waals surface area contributed by atoms with Gasteiger partial charge in [0.15, 0.2) is 5.65 Å². The van der Waals surface area contributed by atoms with Crippen LogP contribution in [0.1, 0.15) is 12.8 Å². The van der Waals surface area contributed by atoms with E-state index < -0.39 is 11.5 Å². The van der Waals surface area contributed by atoms with Crippen LogP contribution in [0.2, 0.25) is 0 Å². The number of carboxylic acid groups (broad SMARTS) is 1. The average Bonchev–Trinajstić information content (AvgIpc) is 2.90. The van der Waals surface area contributed by atoms with Crippen molar-refractivity contribution in [3.8, 4) is 0 Å². The normalized spacial score (nSPS) is 17.2. The summed E-state index contributed by atoms with van der Waals surface area (Å²) in [5.74, 6) is -0.240. The fourth-order valence-corrected chi connectivity index (χ4v) is 1.64. The van der Waals surface area contributed by atoms with Gasteiger partial charge in [-0.1, -0.05) is 0 Å². The average molecular weight is 218 g/mol. The predicted molar refractivity (Wildman–Crippen MR) is 56.2 cm³/mol. The van der Waals surface area contributed by atoms with Crippen molar-refractivity contribution in [3.05, 3.63) is 24.5 Å². The third kappa shape index (κ3) is 1.30. The second-order valence-electron chi connectivity index (χ2n) is 3.96. The van der Waals surface area contributed by atoms with Crippen LogP contribution in [0, 0.1) is 0 Å². The maximum absolute atomic E-state index is 11.0. The summed E-state index contributed by atoms with van der Waals surface area (Å²) in [6.07, 6.45) is 4.70. The minimum Gasteiger partial charge on any atom is -0.480 e. The van der Waals surface area contributed by atoms with Gasteiger partial charge >= 0.3 is 5.97 Å². The molecule has 6 nitrogen and oxygen atoms in total. The standard InChI is InChI=1S/C10H10N4O2/c15-9(16)10(3-4-10)13-7-2-6-14-8(12-7)1-5-11-14/h1-2,5-6H,3-4H2,(H,12,13)(H,15,16). The molecule has 0 spiro atoms. The molecular weight excluding hydrogens is 208 g/mol. The second-order valence-corrected chi connectivity index (χ2v) is 3.96. The molecular formula is C10H10N4O2. The van der Waals surface area contributed by atoms with Crippen LogP contribution >= 0.6 is 0 Å². The minimum absolute atomic E-state index is 0.577. The molecule has 82 valence electrons. The first-order valence-electron chi connectivity index (χ1n) is 5.02. The zero-order valence-electron chi connectivity index (χ0n) is 8.42. The van der Waals surface area contributed by atoms with Crippen molar-refractivity contribution < 1.29 is 9.90 Å². The lowest BCUT2D eigenvalue weighted by molar-refractivity contribution is -0.138. The van der Waals surface area contributed by atoms with Gasteiger partial charge in [0.05, 0.1) is 6.20 Å². The van der Waals surface area contributed by atoms with E-state index in [1.54, 1.807) is 29.0 Å². The first-order valence-corrected chi connectivity index (χ1v) is 5.02. The lowest BCUT2D eigenvalue weighted by Crippen LogP contribution is -2.31. The van der Waals surface area contributed by atoms with Crippen LogP contribution in [0.15, 0.2) is 24.5 Å². The van der Waals surface area contributed by atoms with Gasteiger partial charge in [-0.3, -0.25) is 0 Å². The first-order chi connectivity index (χ1) is 7.70. The van der Waals surface area contributed by atoms with E-state index in [0.717, 1.165) is 0 Å². The molecule has 0 bridgehead atoms. The van der Waals surface area contributed by atoms with Crippen molar-refractivity contribution >= 4 is 17.4 Å². The highest BCUT2D eigenvalue weighted by atomic mass is 16.4. The van der Waals surface area contributed by atoms with Crippen molar-refractivity contribution in [2.75, 3.05) is 5.32 Å². The van der Waals surface area contributed by atoms with Gasteiger partial charge in [-0.05, 0) is 18.9 Å². The molecule has 3 rings (SSSR count). The van der Waals surface area contributed by atoms with E-state index in [9.17, 15) is 4.79 Å². The Morgan fingerprint density at radius 2 is 2.31 bits per heavy atom. The van der Waals surface area contributed by atoms with Gasteiger partial charge < -0.3 is 10.4 Å². The van der Waals surface area contributed by atoms with Gasteiger partial charge in [-0.2, -0.15) is 5.10 Å². The Hall–Kier alpha value is -2.11. The van der Waals surface area contributed by atoms with E-state index in [1.165, 1.54) is 0 Å². The van der Waals surface area contributed by atoms with E-state index in [2.05, 4.69) is 15.4 Å². The fourth-order valence-electron chi connectivity index (χ4n) is 1.64. The van der Waals surface area contributed by atoms with Crippen LogP contribution in [0.25, 0.3) is 5.65 Å². The lowest BCUT2D eigenvalue weighted by Gasteiger charge is -2.12. The van der Waals surface area contributed by atoms with E-state index >= 15 is 0 Å². The zero-order valence-corrected chi connectivity index (χ0v) is 8.42. The van der Waals surface area contributed by atoms with Crippen LogP contribution < -0.4 is 5.32 Å². The Balaban J connectivity index is 1.92. The number of aromatic nitrogens is 3. The quantitative estimate of drug-likeness (QED) is 0.795. The van der Waals surface area contributed by atoms with Crippen LogP contribution in [0.3, 0.4) is 0 Å². The highest BCUT2D eigenvalue weighted by Crippen LogP contribution is 2.38. The monoisotopic (exact) mass is 218 g/mol. The number of rotatable bonds is 3. The van der Waals surface area contributed by atoms with Gasteiger partial charge in [0.1, 0.15) is 11.4 Å². The number of nitrogens with one attached hydrogen (secondary N) is 1. The SMILES string of the molecule is O=C(O)C1(Nc2ccn3nccc3n2)CC1. The Bertz CT molecular complexity index is 559. The molecule has 1 aliphatic rings. The molecule has 16 heavy (non-hydrogen) atoms. The topological polar surface area (TPSA) is 79.5 Å². The predicted octanol–water partition coefficient (Wildman–Crippen LogP) is 0.758. The fraction of sp³-hybridized carbons (Fsp3) is 0.300. The Kier molecular flexibility index (Phi) is 1.68. The van der Waals surface area contributed by atoms with Crippen molar-refractivity contribution in [1.29, 1.82) is 0 Å². The molecule has 0 aromatic carbocycles. The van der Waals surface area contributed by atoms with Crippen molar-refractivity contribution in [3.63, 3.8) is 0 Å². The Morgan fingerprint density at radius 3 is 3.00 bits per heavy atom. The van der Waals surface area contributed by atoms with Crippen molar-refractivity contribution in [2.24, 2.45) is 0 Å². The molecule has 1 saturated carbocycles. The second kappa shape index (κ2) is 2.94. The third-order valence-electron chi connectivity index (χ3n) is 2.78. The molecule has 2 aromatic heterocycles. The number of carboxylic acids is 1. The maximum Gasteiger partial charge on any atom is 0.329 e. The van der Waals surface area contributed by atoms with Crippen molar-refractivity contribution in [1.82, 2.24) is 14.6 Å². The molecule has 6 heteroatoms. The molecule has 1 aliphatic carbocycles. The molecule has 1 fully saturated rings. The molecule has 0 radical (unpaired) electrons. The Labute approximate surface area is 90.9 Å². The Morgan fingerprint density at radius 1 is 1.50 bits per heavy atom. The van der Waals surface area contributed by atoms with Crippen LogP contribution in [0.4, 0.5) is 5.82 Å².